The molecule has 0 heterocycles. The average Bonchev–Trinajstić information content (AvgIpc) is 1.48. The van der Waals surface area contributed by atoms with Crippen molar-refractivity contribution in [3.63, 3.8) is 0 Å². The standard InChI is InChI=1S/C31H29.2C27H35.C9H5Cl2.4CH3.Hf.Ti/c1-18-11-20(3)30(21(4)12-18)26-9-7-24-15-25-8-10-27(17-29(25)28(24)16-26)31-22(5)13-19(2)14-23(31)6;2*1-26(2,3)19-12-14-21-22-15-13-20(27(4,5)6)17-24(22)25(23(21)16-19)18-10-8-7-9-11-18;10-8-4-5-9(11)7-3-1-2-6(7)8;;;;;;/h7-17H,1-6H3;2*12-16,18,25H,7-11H2,1-6H3;1-5H;4*1H3;;. The second-order valence-corrected chi connectivity index (χ2v) is 61.6. The number of allylic oxidation sites excluding steroid dienone is 1. The molecule has 15 rings (SSSR count). The number of hydrogen-bond acceptors (Lipinski definition) is 0. The zero-order valence-electron chi connectivity index (χ0n) is 66.1. The number of halogens is 2. The molecule has 2 fully saturated rings. The number of benzene rings is 9. The summed E-state index contributed by atoms with van der Waals surface area (Å²) >= 11 is 7.03. The molecule has 3 unspecified atom stereocenters. The Morgan fingerprint density at radius 1 is 0.382 bits per heavy atom. The van der Waals surface area contributed by atoms with E-state index in [2.05, 4.69) is 278 Å². The van der Waals surface area contributed by atoms with Crippen molar-refractivity contribution in [2.24, 2.45) is 11.8 Å². The van der Waals surface area contributed by atoms with Gasteiger partial charge >= 0.3 is 640 Å². The van der Waals surface area contributed by atoms with Gasteiger partial charge in [0.1, 0.15) is 0 Å². The molecule has 3 atom stereocenters. The SMILES string of the molecule is CC(C)(C)c1ccc2c(c1)C(C1CCCCC1)c1c-2ccc(C(C)(C)C)[c]1[Hf]([CH3])([CH3])[c]1c(C(C)(C)C)ccc2c1C(C1CCCCC1)c1cc(C(C)(C)C)ccc1-2.Cc1cc(C)c(-c2ccc3c(c2)-c2cc(-c4c(C)cc(C)cc4C)ccc2[CH]3[Ti]([CH3])([CH3])[CH]2C=Cc3c(Cl)ccc(Cl)c32)c(C)c1. The van der Waals surface area contributed by atoms with Gasteiger partial charge in [-0.15, -0.1) is 0 Å². The maximum atomic E-state index is 6.94. The molecule has 0 radical (unpaired) electrons. The molecule has 0 bridgehead atoms. The van der Waals surface area contributed by atoms with Crippen LogP contribution >= 0.6 is 23.2 Å². The number of fused-ring (bicyclic) bond motifs is 10. The van der Waals surface area contributed by atoms with Crippen LogP contribution in [0.15, 0.2) is 140 Å². The van der Waals surface area contributed by atoms with Crippen LogP contribution in [0.1, 0.15) is 268 Å². The van der Waals surface area contributed by atoms with E-state index in [0.29, 0.717) is 32.1 Å². The predicted molar refractivity (Wildman–Crippen MR) is 439 cm³/mol. The minimum atomic E-state index is -3.81. The molecule has 0 N–H and O–H groups in total. The Labute approximate surface area is 634 Å². The van der Waals surface area contributed by atoms with E-state index in [1.165, 1.54) is 170 Å². The summed E-state index contributed by atoms with van der Waals surface area (Å²) in [6.07, 6.45) is 18.4. The average molecular weight is 1590 g/mol. The van der Waals surface area contributed by atoms with Crippen LogP contribution in [0.2, 0.25) is 29.9 Å². The molecule has 0 aliphatic heterocycles. The zero-order chi connectivity index (χ0) is 73.0. The summed E-state index contributed by atoms with van der Waals surface area (Å²) in [6, 6.07) is 53.6. The van der Waals surface area contributed by atoms with Gasteiger partial charge in [-0.05, 0) is 0 Å². The first-order valence-corrected chi connectivity index (χ1v) is 55.7. The summed E-state index contributed by atoms with van der Waals surface area (Å²) in [7, 11) is 0. The van der Waals surface area contributed by atoms with E-state index in [4.69, 9.17) is 23.2 Å². The zero-order valence-corrected chi connectivity index (χ0v) is 72.8. The van der Waals surface area contributed by atoms with E-state index >= 15 is 0 Å². The molecule has 0 amide bonds. The molecular weight excluding hydrogens is 1470 g/mol. The van der Waals surface area contributed by atoms with Gasteiger partial charge in [-0.2, -0.15) is 0 Å². The van der Waals surface area contributed by atoms with Gasteiger partial charge in [0, 0.05) is 0 Å². The second-order valence-electron chi connectivity index (χ2n) is 38.0. The van der Waals surface area contributed by atoms with Crippen LogP contribution in [0.3, 0.4) is 0 Å². The predicted octanol–water partition coefficient (Wildman–Crippen LogP) is 28.7. The van der Waals surface area contributed by atoms with E-state index in [1.54, 1.807) is 44.5 Å². The van der Waals surface area contributed by atoms with Gasteiger partial charge in [0.15, 0.2) is 0 Å². The van der Waals surface area contributed by atoms with Crippen molar-refractivity contribution in [1.82, 2.24) is 0 Å². The minimum absolute atomic E-state index is 0.0529. The molecule has 9 aromatic carbocycles. The fourth-order valence-electron chi connectivity index (χ4n) is 21.2. The van der Waals surface area contributed by atoms with Gasteiger partial charge in [-0.1, -0.05) is 0 Å². The van der Waals surface area contributed by atoms with Gasteiger partial charge in [0.25, 0.3) is 0 Å². The third-order valence-electron chi connectivity index (χ3n) is 25.8. The van der Waals surface area contributed by atoms with Crippen LogP contribution in [-0.4, -0.2) is 0 Å². The first-order valence-electron chi connectivity index (χ1n) is 39.2. The summed E-state index contributed by atoms with van der Waals surface area (Å²) in [6.45, 7) is 42.9. The van der Waals surface area contributed by atoms with Crippen molar-refractivity contribution < 1.29 is 36.6 Å². The fraction of sp³-hybridized carbons (Fsp3) is 0.429. The van der Waals surface area contributed by atoms with Crippen molar-refractivity contribution >= 4 is 35.9 Å². The Bertz CT molecular complexity index is 4560. The number of aryl methyl sites for hydroxylation is 6. The summed E-state index contributed by atoms with van der Waals surface area (Å²) < 4.78 is 10.2. The van der Waals surface area contributed by atoms with Crippen LogP contribution < -0.4 is 6.64 Å². The van der Waals surface area contributed by atoms with Gasteiger partial charge in [0.2, 0.25) is 0 Å². The van der Waals surface area contributed by atoms with Crippen LogP contribution in [0.4, 0.5) is 0 Å². The normalized spacial score (nSPS) is 18.3. The van der Waals surface area contributed by atoms with Crippen molar-refractivity contribution in [1.29, 1.82) is 0 Å². The van der Waals surface area contributed by atoms with Gasteiger partial charge < -0.3 is 0 Å². The fourth-order valence-corrected chi connectivity index (χ4v) is 44.2. The molecule has 0 saturated heterocycles. The molecule has 4 heteroatoms. The van der Waals surface area contributed by atoms with E-state index in [0.717, 1.165) is 15.6 Å². The van der Waals surface area contributed by atoms with Crippen molar-refractivity contribution in [2.45, 2.75) is 251 Å². The number of rotatable bonds is 8. The van der Waals surface area contributed by atoms with Crippen LogP contribution in [0.25, 0.3) is 61.7 Å². The van der Waals surface area contributed by atoms with Crippen LogP contribution in [0, 0.1) is 53.4 Å². The first kappa shape index (κ1) is 73.8. The molecule has 6 aliphatic rings. The molecule has 9 aromatic rings. The van der Waals surface area contributed by atoms with Crippen molar-refractivity contribution in [3.05, 3.63) is 250 Å². The Morgan fingerprint density at radius 3 is 1.15 bits per heavy atom. The Balaban J connectivity index is 0.000000178. The topological polar surface area (TPSA) is 0 Å². The molecule has 6 aliphatic carbocycles. The molecule has 0 nitrogen and oxygen atoms in total. The van der Waals surface area contributed by atoms with Crippen molar-refractivity contribution in [2.75, 3.05) is 0 Å². The Hall–Kier alpha value is -5.12. The third-order valence-corrected chi connectivity index (χ3v) is 45.8. The van der Waals surface area contributed by atoms with E-state index < -0.39 is 36.6 Å². The molecule has 2 saturated carbocycles. The quantitative estimate of drug-likeness (QED) is 0.133. The molecular formula is C98H116Cl2HfTi. The summed E-state index contributed by atoms with van der Waals surface area (Å²) in [5.41, 5.74) is 41.0. The van der Waals surface area contributed by atoms with Crippen molar-refractivity contribution in [3.8, 4) is 55.6 Å². The van der Waals surface area contributed by atoms with E-state index in [9.17, 15) is 0 Å². The van der Waals surface area contributed by atoms with Gasteiger partial charge in [-0.25, -0.2) is 0 Å². The van der Waals surface area contributed by atoms with Gasteiger partial charge in [-0.3, -0.25) is 0 Å². The molecule has 530 valence electrons. The van der Waals surface area contributed by atoms with E-state index in [-0.39, 0.29) is 21.7 Å². The second kappa shape index (κ2) is 27.0. The monoisotopic (exact) mass is 1590 g/mol. The Kier molecular flexibility index (Phi) is 19.5. The summed E-state index contributed by atoms with van der Waals surface area (Å²) in [5.74, 6) is 2.41. The molecule has 0 spiro atoms. The Morgan fingerprint density at radius 2 is 0.765 bits per heavy atom. The molecule has 0 aromatic heterocycles. The summed E-state index contributed by atoms with van der Waals surface area (Å²) in [5, 5.41) is 6.81. The maximum absolute atomic E-state index is 6.94. The van der Waals surface area contributed by atoms with Crippen LogP contribution in [0.5, 0.6) is 0 Å². The third kappa shape index (κ3) is 12.9. The first-order chi connectivity index (χ1) is 48.0. The number of hydrogen-bond donors (Lipinski definition) is 0. The van der Waals surface area contributed by atoms with E-state index in [1.807, 2.05) is 18.8 Å². The molecule has 102 heavy (non-hydrogen) atoms. The summed E-state index contributed by atoms with van der Waals surface area (Å²) in [4.78, 5) is 0. The van der Waals surface area contributed by atoms with Crippen LogP contribution in [-0.2, 0) is 58.2 Å². The van der Waals surface area contributed by atoms with Gasteiger partial charge in [0.05, 0.1) is 0 Å².